The normalized spacial score (nSPS) is 10.8. The predicted octanol–water partition coefficient (Wildman–Crippen LogP) is 2.10. The van der Waals surface area contributed by atoms with Gasteiger partial charge in [0, 0.05) is 0 Å². The molecule has 0 aliphatic rings. The third-order valence-electron chi connectivity index (χ3n) is 2.33. The first-order valence-corrected chi connectivity index (χ1v) is 5.68. The highest BCUT2D eigenvalue weighted by molar-refractivity contribution is 7.20. The molecule has 6 heteroatoms. The molecule has 0 aliphatic heterocycles. The summed E-state index contributed by atoms with van der Waals surface area (Å²) in [7, 11) is 0. The van der Waals surface area contributed by atoms with Crippen LogP contribution in [0.5, 0.6) is 0 Å². The Kier molecular flexibility index (Phi) is 2.15. The van der Waals surface area contributed by atoms with Gasteiger partial charge in [0.05, 0.1) is 16.4 Å². The van der Waals surface area contributed by atoms with Gasteiger partial charge in [-0.25, -0.2) is 4.98 Å². The van der Waals surface area contributed by atoms with Crippen molar-refractivity contribution >= 4 is 33.2 Å². The minimum atomic E-state index is -0.259. The summed E-state index contributed by atoms with van der Waals surface area (Å²) in [6.07, 6.45) is 1.31. The van der Waals surface area contributed by atoms with Gasteiger partial charge in [-0.1, -0.05) is 17.3 Å². The van der Waals surface area contributed by atoms with Crippen molar-refractivity contribution in [1.82, 2.24) is 10.1 Å². The average Bonchev–Trinajstić information content (AvgIpc) is 2.93. The maximum atomic E-state index is 12.1. The number of hydrogen-bond donors (Lipinski definition) is 1. The zero-order chi connectivity index (χ0) is 11.8. The van der Waals surface area contributed by atoms with E-state index in [4.69, 9.17) is 5.73 Å². The summed E-state index contributed by atoms with van der Waals surface area (Å²) in [6.45, 7) is 0. The highest BCUT2D eigenvalue weighted by atomic mass is 32.1. The fourth-order valence-corrected chi connectivity index (χ4v) is 2.42. The van der Waals surface area contributed by atoms with Crippen LogP contribution in [0.1, 0.15) is 15.4 Å². The van der Waals surface area contributed by atoms with Crippen LogP contribution in [0.25, 0.3) is 10.2 Å². The number of fused-ring (bicyclic) bond motifs is 1. The number of carbonyl (C=O) groups is 1. The lowest BCUT2D eigenvalue weighted by atomic mass is 10.2. The smallest absolute Gasteiger partial charge is 0.233 e. The Labute approximate surface area is 99.9 Å². The van der Waals surface area contributed by atoms with E-state index in [9.17, 15) is 4.79 Å². The second-order valence-electron chi connectivity index (χ2n) is 3.42. The Hall–Kier alpha value is -2.21. The predicted molar refractivity (Wildman–Crippen MR) is 64.0 cm³/mol. The van der Waals surface area contributed by atoms with Crippen LogP contribution in [0.15, 0.2) is 35.0 Å². The summed E-state index contributed by atoms with van der Waals surface area (Å²) in [5, 5.41) is 3.87. The number of nitrogens with two attached hydrogens (primary N) is 1. The molecular weight excluding hydrogens is 238 g/mol. The van der Waals surface area contributed by atoms with Crippen LogP contribution in [-0.2, 0) is 0 Å². The van der Waals surface area contributed by atoms with Crippen molar-refractivity contribution in [2.45, 2.75) is 0 Å². The maximum Gasteiger partial charge on any atom is 0.233 e. The molecule has 0 amide bonds. The standard InChI is InChI=1S/C11H7N3O2S/c12-10-6(5-13-16-10)9(15)11-14-7-3-1-2-4-8(7)17-11/h1-5H,12H2. The number of anilines is 1. The molecule has 2 heterocycles. The Balaban J connectivity index is 2.10. The summed E-state index contributed by atoms with van der Waals surface area (Å²) < 4.78 is 5.63. The van der Waals surface area contributed by atoms with Crippen LogP contribution in [0.2, 0.25) is 0 Å². The molecule has 0 aliphatic carbocycles. The molecule has 1 aromatic carbocycles. The summed E-state index contributed by atoms with van der Waals surface area (Å²) in [4.78, 5) is 16.3. The van der Waals surface area contributed by atoms with Crippen LogP contribution in [0, 0.1) is 0 Å². The summed E-state index contributed by atoms with van der Waals surface area (Å²) in [6, 6.07) is 7.56. The van der Waals surface area contributed by atoms with Gasteiger partial charge in [-0.3, -0.25) is 4.79 Å². The maximum absolute atomic E-state index is 12.1. The number of hydrogen-bond acceptors (Lipinski definition) is 6. The molecule has 0 bridgehead atoms. The van der Waals surface area contributed by atoms with Crippen LogP contribution >= 0.6 is 11.3 Å². The van der Waals surface area contributed by atoms with Gasteiger partial charge in [-0.15, -0.1) is 11.3 Å². The lowest BCUT2D eigenvalue weighted by molar-refractivity contribution is 0.103. The van der Waals surface area contributed by atoms with E-state index in [0.717, 1.165) is 10.2 Å². The number of rotatable bonds is 2. The fraction of sp³-hybridized carbons (Fsp3) is 0. The van der Waals surface area contributed by atoms with E-state index in [2.05, 4.69) is 14.7 Å². The highest BCUT2D eigenvalue weighted by Crippen LogP contribution is 2.25. The number of aromatic nitrogens is 2. The Morgan fingerprint density at radius 2 is 2.18 bits per heavy atom. The van der Waals surface area contributed by atoms with Crippen molar-refractivity contribution < 1.29 is 9.32 Å². The van der Waals surface area contributed by atoms with Crippen LogP contribution in [0.3, 0.4) is 0 Å². The van der Waals surface area contributed by atoms with Crippen molar-refractivity contribution in [3.63, 3.8) is 0 Å². The molecule has 3 aromatic rings. The largest absolute Gasteiger partial charge is 0.367 e. The summed E-state index contributed by atoms with van der Waals surface area (Å²) in [5.74, 6) is -0.237. The molecule has 0 fully saturated rings. The summed E-state index contributed by atoms with van der Waals surface area (Å²) in [5.41, 5.74) is 6.56. The van der Waals surface area contributed by atoms with Gasteiger partial charge < -0.3 is 10.3 Å². The molecule has 0 unspecified atom stereocenters. The lowest BCUT2D eigenvalue weighted by Crippen LogP contribution is -2.02. The van der Waals surface area contributed by atoms with E-state index in [0.29, 0.717) is 5.01 Å². The zero-order valence-electron chi connectivity index (χ0n) is 8.58. The Morgan fingerprint density at radius 1 is 1.35 bits per heavy atom. The van der Waals surface area contributed by atoms with Gasteiger partial charge >= 0.3 is 0 Å². The number of thiazole rings is 1. The zero-order valence-corrected chi connectivity index (χ0v) is 9.40. The third-order valence-corrected chi connectivity index (χ3v) is 3.37. The van der Waals surface area contributed by atoms with E-state index in [1.807, 2.05) is 24.3 Å². The minimum absolute atomic E-state index is 0.0225. The molecule has 0 atom stereocenters. The topological polar surface area (TPSA) is 82.0 Å². The second kappa shape index (κ2) is 3.67. The van der Waals surface area contributed by atoms with Crippen molar-refractivity contribution in [2.24, 2.45) is 0 Å². The van der Waals surface area contributed by atoms with Crippen molar-refractivity contribution in [3.8, 4) is 0 Å². The molecule has 5 nitrogen and oxygen atoms in total. The van der Waals surface area contributed by atoms with Crippen molar-refractivity contribution in [3.05, 3.63) is 41.0 Å². The van der Waals surface area contributed by atoms with Gasteiger partial charge in [-0.05, 0) is 12.1 Å². The molecule has 17 heavy (non-hydrogen) atoms. The molecule has 0 spiro atoms. The minimum Gasteiger partial charge on any atom is -0.367 e. The van der Waals surface area contributed by atoms with Gasteiger partial charge in [0.1, 0.15) is 5.56 Å². The molecule has 0 saturated heterocycles. The van der Waals surface area contributed by atoms with E-state index >= 15 is 0 Å². The van der Waals surface area contributed by atoms with E-state index in [-0.39, 0.29) is 17.2 Å². The number of ketones is 1. The fourth-order valence-electron chi connectivity index (χ4n) is 1.50. The van der Waals surface area contributed by atoms with Crippen LogP contribution in [0.4, 0.5) is 5.88 Å². The average molecular weight is 245 g/mol. The van der Waals surface area contributed by atoms with Crippen LogP contribution in [-0.4, -0.2) is 15.9 Å². The molecule has 3 rings (SSSR count). The number of para-hydroxylation sites is 1. The number of carbonyl (C=O) groups excluding carboxylic acids is 1. The summed E-state index contributed by atoms with van der Waals surface area (Å²) >= 11 is 1.33. The molecule has 0 radical (unpaired) electrons. The van der Waals surface area contributed by atoms with Gasteiger partial charge in [0.15, 0.2) is 5.01 Å². The first kappa shape index (κ1) is 9.98. The van der Waals surface area contributed by atoms with Gasteiger partial charge in [-0.2, -0.15) is 0 Å². The molecule has 0 saturated carbocycles. The van der Waals surface area contributed by atoms with E-state index in [1.54, 1.807) is 0 Å². The molecule has 2 N–H and O–H groups in total. The second-order valence-corrected chi connectivity index (χ2v) is 4.45. The Morgan fingerprint density at radius 3 is 2.88 bits per heavy atom. The first-order chi connectivity index (χ1) is 8.25. The van der Waals surface area contributed by atoms with E-state index in [1.165, 1.54) is 17.5 Å². The van der Waals surface area contributed by atoms with Crippen molar-refractivity contribution in [1.29, 1.82) is 0 Å². The van der Waals surface area contributed by atoms with Crippen LogP contribution < -0.4 is 5.73 Å². The lowest BCUT2D eigenvalue weighted by Gasteiger charge is -1.90. The molecular formula is C11H7N3O2S. The molecule has 2 aromatic heterocycles. The monoisotopic (exact) mass is 245 g/mol. The van der Waals surface area contributed by atoms with Gasteiger partial charge in [0.25, 0.3) is 0 Å². The number of nitrogens with zero attached hydrogens (tertiary/aromatic N) is 2. The molecule has 84 valence electrons. The van der Waals surface area contributed by atoms with E-state index < -0.39 is 0 Å². The highest BCUT2D eigenvalue weighted by Gasteiger charge is 2.19. The third kappa shape index (κ3) is 1.58. The quantitative estimate of drug-likeness (QED) is 0.699. The van der Waals surface area contributed by atoms with Crippen molar-refractivity contribution in [2.75, 3.05) is 5.73 Å². The van der Waals surface area contributed by atoms with Gasteiger partial charge in [0.2, 0.25) is 11.7 Å². The number of nitrogen functional groups attached to an aromatic ring is 1. The first-order valence-electron chi connectivity index (χ1n) is 4.86. The Bertz CT molecular complexity index is 668. The number of benzene rings is 1. The SMILES string of the molecule is Nc1oncc1C(=O)c1nc2ccccc2s1.